The average Bonchev–Trinajstić information content (AvgIpc) is 2.39. The number of aryl methyl sites for hydroxylation is 1. The van der Waals surface area contributed by atoms with Crippen molar-refractivity contribution < 1.29 is 8.42 Å². The maximum Gasteiger partial charge on any atom is 0.240 e. The van der Waals surface area contributed by atoms with Crippen LogP contribution in [0.25, 0.3) is 0 Å². The van der Waals surface area contributed by atoms with E-state index in [1.165, 1.54) is 0 Å². The van der Waals surface area contributed by atoms with Gasteiger partial charge in [0.05, 0.1) is 9.88 Å². The minimum atomic E-state index is -3.41. The summed E-state index contributed by atoms with van der Waals surface area (Å²) in [5.74, 6) is 0. The summed E-state index contributed by atoms with van der Waals surface area (Å²) in [6, 6.07) is 7.04. The van der Waals surface area contributed by atoms with Gasteiger partial charge in [-0.25, -0.2) is 13.1 Å². The van der Waals surface area contributed by atoms with E-state index in [9.17, 15) is 8.42 Å². The van der Waals surface area contributed by atoms with Crippen LogP contribution in [-0.2, 0) is 16.4 Å². The molecule has 0 fully saturated rings. The van der Waals surface area contributed by atoms with Crippen LogP contribution in [0.3, 0.4) is 0 Å². The number of unbranched alkanes of at least 4 members (excludes halogenated alkanes) is 1. The van der Waals surface area contributed by atoms with Crippen LogP contribution in [0, 0.1) is 0 Å². The van der Waals surface area contributed by atoms with Gasteiger partial charge in [-0.15, -0.1) is 0 Å². The van der Waals surface area contributed by atoms with Crippen molar-refractivity contribution in [1.82, 2.24) is 4.72 Å². The van der Waals surface area contributed by atoms with Gasteiger partial charge in [-0.3, -0.25) is 0 Å². The highest BCUT2D eigenvalue weighted by Crippen LogP contribution is 2.11. The maximum atomic E-state index is 12.0. The number of sulfonamides is 1. The highest BCUT2D eigenvalue weighted by molar-refractivity contribution is 7.89. The first kappa shape index (κ1) is 17.1. The smallest absolute Gasteiger partial charge is 0.240 e. The lowest BCUT2D eigenvalue weighted by Crippen LogP contribution is -2.25. The molecule has 0 unspecified atom stereocenters. The quantitative estimate of drug-likeness (QED) is 0.542. The van der Waals surface area contributed by atoms with Crippen molar-refractivity contribution in [1.29, 1.82) is 0 Å². The van der Waals surface area contributed by atoms with Gasteiger partial charge in [0.25, 0.3) is 0 Å². The third-order valence-corrected chi connectivity index (χ3v) is 4.60. The molecule has 1 aromatic rings. The van der Waals surface area contributed by atoms with Gasteiger partial charge in [0.2, 0.25) is 10.0 Å². The SMILES string of the molecule is CCCc1ccc(S(=O)(=O)NCCCCC(N)=S)cc1. The third-order valence-electron chi connectivity index (χ3n) is 2.91. The zero-order valence-corrected chi connectivity index (χ0v) is 13.4. The molecule has 0 radical (unpaired) electrons. The molecule has 0 spiro atoms. The van der Waals surface area contributed by atoms with E-state index in [0.29, 0.717) is 22.8 Å². The molecule has 0 atom stereocenters. The summed E-state index contributed by atoms with van der Waals surface area (Å²) in [6.07, 6.45) is 4.20. The van der Waals surface area contributed by atoms with E-state index in [2.05, 4.69) is 11.6 Å². The van der Waals surface area contributed by atoms with Crippen LogP contribution >= 0.6 is 12.2 Å². The van der Waals surface area contributed by atoms with Crippen LogP contribution in [-0.4, -0.2) is 20.0 Å². The molecule has 0 bridgehead atoms. The molecule has 6 heteroatoms. The van der Waals surface area contributed by atoms with Crippen LogP contribution in [0.2, 0.25) is 0 Å². The average molecular weight is 314 g/mol. The molecule has 0 aliphatic carbocycles. The van der Waals surface area contributed by atoms with Crippen molar-refractivity contribution in [3.8, 4) is 0 Å². The molecule has 4 nitrogen and oxygen atoms in total. The molecule has 3 N–H and O–H groups in total. The Morgan fingerprint density at radius 1 is 1.25 bits per heavy atom. The van der Waals surface area contributed by atoms with Crippen LogP contribution in [0.15, 0.2) is 29.2 Å². The molecule has 0 aliphatic rings. The Balaban J connectivity index is 2.49. The van der Waals surface area contributed by atoms with Crippen LogP contribution < -0.4 is 10.5 Å². The number of nitrogens with one attached hydrogen (secondary N) is 1. The predicted octanol–water partition coefficient (Wildman–Crippen LogP) is 2.37. The Hall–Kier alpha value is -0.980. The molecule has 20 heavy (non-hydrogen) atoms. The molecular formula is C14H22N2O2S2. The van der Waals surface area contributed by atoms with Crippen molar-refractivity contribution in [3.63, 3.8) is 0 Å². The molecule has 0 aliphatic heterocycles. The minimum absolute atomic E-state index is 0.312. The Bertz CT molecular complexity index is 525. The zero-order chi connectivity index (χ0) is 15.0. The fraction of sp³-hybridized carbons (Fsp3) is 0.500. The lowest BCUT2D eigenvalue weighted by molar-refractivity contribution is 0.577. The number of thiocarbonyl (C=S) groups is 1. The van der Waals surface area contributed by atoms with Gasteiger partial charge in [-0.2, -0.15) is 0 Å². The molecule has 1 rings (SSSR count). The highest BCUT2D eigenvalue weighted by atomic mass is 32.2. The van der Waals surface area contributed by atoms with Gasteiger partial charge in [0.1, 0.15) is 0 Å². The highest BCUT2D eigenvalue weighted by Gasteiger charge is 2.12. The molecule has 0 saturated carbocycles. The summed E-state index contributed by atoms with van der Waals surface area (Å²) in [5, 5.41) is 0. The van der Waals surface area contributed by atoms with E-state index < -0.39 is 10.0 Å². The number of hydrogen-bond donors (Lipinski definition) is 2. The number of hydrogen-bond acceptors (Lipinski definition) is 3. The second-order valence-corrected chi connectivity index (χ2v) is 7.01. The van der Waals surface area contributed by atoms with E-state index in [-0.39, 0.29) is 0 Å². The normalized spacial score (nSPS) is 11.4. The van der Waals surface area contributed by atoms with Crippen LogP contribution in [0.4, 0.5) is 0 Å². The second-order valence-electron chi connectivity index (χ2n) is 4.72. The molecule has 1 aromatic carbocycles. The topological polar surface area (TPSA) is 72.2 Å². The minimum Gasteiger partial charge on any atom is -0.393 e. The fourth-order valence-corrected chi connectivity index (χ4v) is 3.06. The fourth-order valence-electron chi connectivity index (χ4n) is 1.84. The first-order chi connectivity index (χ1) is 9.45. The summed E-state index contributed by atoms with van der Waals surface area (Å²) in [6.45, 7) is 2.50. The van der Waals surface area contributed by atoms with Crippen LogP contribution in [0.5, 0.6) is 0 Å². The van der Waals surface area contributed by atoms with E-state index in [1.54, 1.807) is 12.1 Å². The van der Waals surface area contributed by atoms with Crippen molar-refractivity contribution in [2.75, 3.05) is 6.54 Å². The van der Waals surface area contributed by atoms with Gasteiger partial charge >= 0.3 is 0 Å². The van der Waals surface area contributed by atoms with Crippen molar-refractivity contribution in [3.05, 3.63) is 29.8 Å². The summed E-state index contributed by atoms with van der Waals surface area (Å²) < 4.78 is 26.7. The second kappa shape index (κ2) is 8.34. The lowest BCUT2D eigenvalue weighted by atomic mass is 10.1. The van der Waals surface area contributed by atoms with E-state index >= 15 is 0 Å². The summed E-state index contributed by atoms with van der Waals surface area (Å²) in [4.78, 5) is 0.783. The summed E-state index contributed by atoms with van der Waals surface area (Å²) in [7, 11) is -3.41. The van der Waals surface area contributed by atoms with Crippen molar-refractivity contribution >= 4 is 27.2 Å². The van der Waals surface area contributed by atoms with Crippen molar-refractivity contribution in [2.45, 2.75) is 43.9 Å². The Morgan fingerprint density at radius 3 is 2.45 bits per heavy atom. The largest absolute Gasteiger partial charge is 0.393 e. The summed E-state index contributed by atoms with van der Waals surface area (Å²) in [5.41, 5.74) is 6.54. The Kier molecular flexibility index (Phi) is 7.12. The molecule has 0 aromatic heterocycles. The van der Waals surface area contributed by atoms with Crippen molar-refractivity contribution in [2.24, 2.45) is 5.73 Å². The van der Waals surface area contributed by atoms with Gasteiger partial charge < -0.3 is 5.73 Å². The molecular weight excluding hydrogens is 292 g/mol. The van der Waals surface area contributed by atoms with Gasteiger partial charge in [-0.1, -0.05) is 37.7 Å². The number of nitrogens with two attached hydrogens (primary N) is 1. The monoisotopic (exact) mass is 314 g/mol. The Labute approximate surface area is 126 Å². The first-order valence-corrected chi connectivity index (χ1v) is 8.71. The first-order valence-electron chi connectivity index (χ1n) is 6.82. The predicted molar refractivity (Wildman–Crippen MR) is 86.3 cm³/mol. The van der Waals surface area contributed by atoms with E-state index in [4.69, 9.17) is 18.0 Å². The summed E-state index contributed by atoms with van der Waals surface area (Å²) >= 11 is 4.77. The molecule has 0 amide bonds. The molecule has 0 saturated heterocycles. The van der Waals surface area contributed by atoms with Gasteiger partial charge in [-0.05, 0) is 43.4 Å². The van der Waals surface area contributed by atoms with Gasteiger partial charge in [0.15, 0.2) is 0 Å². The van der Waals surface area contributed by atoms with Crippen LogP contribution in [0.1, 0.15) is 38.2 Å². The number of benzene rings is 1. The van der Waals surface area contributed by atoms with E-state index in [1.807, 2.05) is 12.1 Å². The third kappa shape index (κ3) is 5.98. The number of rotatable bonds is 9. The molecule has 0 heterocycles. The lowest BCUT2D eigenvalue weighted by Gasteiger charge is -2.07. The standard InChI is InChI=1S/C14H22N2O2S2/c1-2-5-12-7-9-13(10-8-12)20(17,18)16-11-4-3-6-14(15)19/h7-10,16H,2-6,11H2,1H3,(H2,15,19). The van der Waals surface area contributed by atoms with Gasteiger partial charge in [0, 0.05) is 6.54 Å². The molecule has 112 valence electrons. The van der Waals surface area contributed by atoms with E-state index in [0.717, 1.165) is 31.2 Å². The maximum absolute atomic E-state index is 12.0. The Morgan fingerprint density at radius 2 is 1.90 bits per heavy atom. The zero-order valence-electron chi connectivity index (χ0n) is 11.8.